The van der Waals surface area contributed by atoms with Gasteiger partial charge in [0.15, 0.2) is 5.78 Å². The first kappa shape index (κ1) is 15.5. The summed E-state index contributed by atoms with van der Waals surface area (Å²) in [5, 5.41) is 0. The average Bonchev–Trinajstić information content (AvgIpc) is 2.46. The molecule has 0 spiro atoms. The van der Waals surface area contributed by atoms with Crippen molar-refractivity contribution in [3.63, 3.8) is 0 Å². The second-order valence-corrected chi connectivity index (χ2v) is 5.36. The first-order chi connectivity index (χ1) is 10.0. The number of Topliss-reactive ketones (excluding diaryl/α,β-unsaturated/α-hetero) is 1. The number of hydrogen-bond donors (Lipinski definition) is 0. The molecule has 21 heavy (non-hydrogen) atoms. The summed E-state index contributed by atoms with van der Waals surface area (Å²) in [5.41, 5.74) is 0.853. The van der Waals surface area contributed by atoms with Crippen molar-refractivity contribution >= 4 is 21.7 Å². The van der Waals surface area contributed by atoms with Crippen molar-refractivity contribution in [1.82, 2.24) is 0 Å². The standard InChI is InChI=1S/C16H14BrFO3/c1-10(19)14-7-12(17)4-6-16(14)21-9-11-3-5-13(20-2)8-15(11)18/h3-8H,9H2,1-2H3. The number of ether oxygens (including phenoxy) is 2. The Bertz CT molecular complexity index is 671. The van der Waals surface area contributed by atoms with E-state index in [1.807, 2.05) is 0 Å². The molecule has 5 heteroatoms. The maximum absolute atomic E-state index is 13.8. The Balaban J connectivity index is 2.18. The molecule has 0 atom stereocenters. The SMILES string of the molecule is COc1ccc(COc2ccc(Br)cc2C(C)=O)c(F)c1. The van der Waals surface area contributed by atoms with Gasteiger partial charge in [-0.2, -0.15) is 0 Å². The first-order valence-electron chi connectivity index (χ1n) is 6.27. The topological polar surface area (TPSA) is 35.5 Å². The normalized spacial score (nSPS) is 10.3. The summed E-state index contributed by atoms with van der Waals surface area (Å²) in [4.78, 5) is 11.6. The fourth-order valence-corrected chi connectivity index (χ4v) is 2.19. The number of carbonyl (C=O) groups excluding carboxylic acids is 1. The lowest BCUT2D eigenvalue weighted by atomic mass is 10.1. The van der Waals surface area contributed by atoms with Crippen LogP contribution in [0.15, 0.2) is 40.9 Å². The lowest BCUT2D eigenvalue weighted by molar-refractivity contribution is 0.101. The number of methoxy groups -OCH3 is 1. The number of benzene rings is 2. The molecule has 0 bridgehead atoms. The van der Waals surface area contributed by atoms with E-state index in [1.54, 1.807) is 30.3 Å². The molecule has 0 aliphatic carbocycles. The smallest absolute Gasteiger partial charge is 0.163 e. The number of rotatable bonds is 5. The molecule has 3 nitrogen and oxygen atoms in total. The first-order valence-corrected chi connectivity index (χ1v) is 7.06. The van der Waals surface area contributed by atoms with E-state index < -0.39 is 5.82 Å². The van der Waals surface area contributed by atoms with E-state index in [-0.39, 0.29) is 12.4 Å². The third kappa shape index (κ3) is 3.82. The molecule has 0 saturated heterocycles. The van der Waals surface area contributed by atoms with Crippen LogP contribution in [0.25, 0.3) is 0 Å². The number of hydrogen-bond acceptors (Lipinski definition) is 3. The Kier molecular flexibility index (Phi) is 4.96. The molecule has 2 aromatic carbocycles. The molecule has 0 aliphatic rings. The molecule has 110 valence electrons. The van der Waals surface area contributed by atoms with Crippen LogP contribution in [0.2, 0.25) is 0 Å². The minimum absolute atomic E-state index is 0.0394. The molecular formula is C16H14BrFO3. The molecule has 0 fully saturated rings. The van der Waals surface area contributed by atoms with Gasteiger partial charge >= 0.3 is 0 Å². The minimum atomic E-state index is -0.407. The van der Waals surface area contributed by atoms with Gasteiger partial charge in [-0.05, 0) is 37.3 Å². The highest BCUT2D eigenvalue weighted by Crippen LogP contribution is 2.25. The lowest BCUT2D eigenvalue weighted by Crippen LogP contribution is -2.03. The molecule has 0 aromatic heterocycles. The third-order valence-corrected chi connectivity index (χ3v) is 3.46. The summed E-state index contributed by atoms with van der Waals surface area (Å²) >= 11 is 3.31. The van der Waals surface area contributed by atoms with Gasteiger partial charge in [0.25, 0.3) is 0 Å². The van der Waals surface area contributed by atoms with Gasteiger partial charge in [-0.1, -0.05) is 15.9 Å². The molecule has 0 aliphatic heterocycles. The zero-order valence-corrected chi connectivity index (χ0v) is 13.2. The van der Waals surface area contributed by atoms with Crippen LogP contribution in [0.1, 0.15) is 22.8 Å². The summed E-state index contributed by atoms with van der Waals surface area (Å²) < 4.78 is 25.1. The van der Waals surface area contributed by atoms with Gasteiger partial charge in [0, 0.05) is 16.1 Å². The number of halogens is 2. The lowest BCUT2D eigenvalue weighted by Gasteiger charge is -2.11. The fraction of sp³-hybridized carbons (Fsp3) is 0.188. The van der Waals surface area contributed by atoms with Crippen molar-refractivity contribution in [2.45, 2.75) is 13.5 Å². The van der Waals surface area contributed by atoms with Crippen LogP contribution in [-0.4, -0.2) is 12.9 Å². The van der Waals surface area contributed by atoms with E-state index in [0.717, 1.165) is 4.47 Å². The zero-order valence-electron chi connectivity index (χ0n) is 11.7. The van der Waals surface area contributed by atoms with Gasteiger partial charge in [0.05, 0.1) is 12.7 Å². The van der Waals surface area contributed by atoms with Gasteiger partial charge < -0.3 is 9.47 Å². The molecule has 0 heterocycles. The minimum Gasteiger partial charge on any atom is -0.497 e. The second-order valence-electron chi connectivity index (χ2n) is 4.44. The van der Waals surface area contributed by atoms with Gasteiger partial charge in [-0.25, -0.2) is 4.39 Å². The van der Waals surface area contributed by atoms with Crippen LogP contribution in [0.5, 0.6) is 11.5 Å². The van der Waals surface area contributed by atoms with E-state index in [0.29, 0.717) is 22.6 Å². The van der Waals surface area contributed by atoms with Crippen molar-refractivity contribution in [2.75, 3.05) is 7.11 Å². The predicted molar refractivity (Wildman–Crippen MR) is 81.4 cm³/mol. The maximum atomic E-state index is 13.8. The monoisotopic (exact) mass is 352 g/mol. The number of ketones is 1. The van der Waals surface area contributed by atoms with E-state index in [9.17, 15) is 9.18 Å². The largest absolute Gasteiger partial charge is 0.497 e. The van der Waals surface area contributed by atoms with Crippen LogP contribution in [0.4, 0.5) is 4.39 Å². The van der Waals surface area contributed by atoms with Crippen LogP contribution >= 0.6 is 15.9 Å². The molecular weight excluding hydrogens is 339 g/mol. The Labute approximate surface area is 130 Å². The van der Waals surface area contributed by atoms with Gasteiger partial charge in [-0.3, -0.25) is 4.79 Å². The van der Waals surface area contributed by atoms with E-state index in [1.165, 1.54) is 20.1 Å². The van der Waals surface area contributed by atoms with Gasteiger partial charge in [0.2, 0.25) is 0 Å². The van der Waals surface area contributed by atoms with Crippen molar-refractivity contribution < 1.29 is 18.7 Å². The Morgan fingerprint density at radius 1 is 1.24 bits per heavy atom. The van der Waals surface area contributed by atoms with E-state index >= 15 is 0 Å². The summed E-state index contributed by atoms with van der Waals surface area (Å²) in [6.07, 6.45) is 0. The maximum Gasteiger partial charge on any atom is 0.163 e. The second kappa shape index (κ2) is 6.72. The van der Waals surface area contributed by atoms with Crippen LogP contribution < -0.4 is 9.47 Å². The van der Waals surface area contributed by atoms with E-state index in [2.05, 4.69) is 15.9 Å². The molecule has 0 amide bonds. The molecule has 2 rings (SSSR count). The number of carbonyl (C=O) groups is 1. The highest BCUT2D eigenvalue weighted by Gasteiger charge is 2.11. The molecule has 0 unspecified atom stereocenters. The summed E-state index contributed by atoms with van der Waals surface area (Å²) in [6, 6.07) is 9.69. The quantitative estimate of drug-likeness (QED) is 0.749. The molecule has 2 aromatic rings. The van der Waals surface area contributed by atoms with Gasteiger partial charge in [-0.15, -0.1) is 0 Å². The fourth-order valence-electron chi connectivity index (χ4n) is 1.83. The Hall–Kier alpha value is -1.88. The molecule has 0 N–H and O–H groups in total. The highest BCUT2D eigenvalue weighted by atomic mass is 79.9. The Morgan fingerprint density at radius 3 is 2.62 bits per heavy atom. The van der Waals surface area contributed by atoms with Crippen LogP contribution in [-0.2, 0) is 6.61 Å². The van der Waals surface area contributed by atoms with Gasteiger partial charge in [0.1, 0.15) is 23.9 Å². The van der Waals surface area contributed by atoms with Crippen molar-refractivity contribution in [1.29, 1.82) is 0 Å². The average molecular weight is 353 g/mol. The van der Waals surface area contributed by atoms with Crippen LogP contribution in [0.3, 0.4) is 0 Å². The van der Waals surface area contributed by atoms with Crippen LogP contribution in [0, 0.1) is 5.82 Å². The highest BCUT2D eigenvalue weighted by molar-refractivity contribution is 9.10. The zero-order chi connectivity index (χ0) is 15.4. The summed E-state index contributed by atoms with van der Waals surface area (Å²) in [5.74, 6) is 0.363. The summed E-state index contributed by atoms with van der Waals surface area (Å²) in [7, 11) is 1.48. The predicted octanol–water partition coefficient (Wildman–Crippen LogP) is 4.38. The molecule has 0 radical (unpaired) electrons. The molecule has 0 saturated carbocycles. The van der Waals surface area contributed by atoms with Crippen molar-refractivity contribution in [3.05, 3.63) is 57.8 Å². The Morgan fingerprint density at radius 2 is 2.00 bits per heavy atom. The van der Waals surface area contributed by atoms with Crippen molar-refractivity contribution in [3.8, 4) is 11.5 Å². The van der Waals surface area contributed by atoms with Crippen molar-refractivity contribution in [2.24, 2.45) is 0 Å². The summed E-state index contributed by atoms with van der Waals surface area (Å²) in [6.45, 7) is 1.50. The van der Waals surface area contributed by atoms with E-state index in [4.69, 9.17) is 9.47 Å². The third-order valence-electron chi connectivity index (χ3n) is 2.96.